The first-order valence-corrected chi connectivity index (χ1v) is 16.9. The molecule has 0 spiro atoms. The number of benzene rings is 8. The lowest BCUT2D eigenvalue weighted by molar-refractivity contribution is 1.18. The molecular formula is C47H29N3. The second kappa shape index (κ2) is 11.5. The molecule has 0 unspecified atom stereocenters. The summed E-state index contributed by atoms with van der Waals surface area (Å²) >= 11 is 0. The van der Waals surface area contributed by atoms with E-state index in [0.29, 0.717) is 5.82 Å². The first-order valence-electron chi connectivity index (χ1n) is 16.9. The van der Waals surface area contributed by atoms with Crippen LogP contribution in [0, 0.1) is 0 Å². The van der Waals surface area contributed by atoms with Crippen molar-refractivity contribution in [1.82, 2.24) is 15.0 Å². The van der Waals surface area contributed by atoms with Crippen molar-refractivity contribution in [2.24, 2.45) is 0 Å². The largest absolute Gasteiger partial charge is 0.246 e. The minimum absolute atomic E-state index is 0.681. The fraction of sp³-hybridized carbons (Fsp3) is 0. The average molecular weight is 636 g/mol. The predicted octanol–water partition coefficient (Wildman–Crippen LogP) is 12.3. The Bertz CT molecular complexity index is 2860. The molecule has 10 rings (SSSR count). The van der Waals surface area contributed by atoms with E-state index in [-0.39, 0.29) is 0 Å². The molecule has 3 nitrogen and oxygen atoms in total. The number of pyridine rings is 1. The van der Waals surface area contributed by atoms with Gasteiger partial charge in [0.1, 0.15) is 0 Å². The molecule has 0 saturated carbocycles. The van der Waals surface area contributed by atoms with E-state index in [9.17, 15) is 0 Å². The number of nitrogens with zero attached hydrogens (tertiary/aromatic N) is 3. The topological polar surface area (TPSA) is 38.7 Å². The minimum atomic E-state index is 0.681. The van der Waals surface area contributed by atoms with Gasteiger partial charge in [-0.25, -0.2) is 15.0 Å². The highest BCUT2D eigenvalue weighted by atomic mass is 14.9. The Morgan fingerprint density at radius 1 is 0.300 bits per heavy atom. The van der Waals surface area contributed by atoms with Crippen LogP contribution in [0.15, 0.2) is 176 Å². The second-order valence-electron chi connectivity index (χ2n) is 12.8. The lowest BCUT2D eigenvalue weighted by atomic mass is 9.91. The zero-order chi connectivity index (χ0) is 33.0. The van der Waals surface area contributed by atoms with Crippen LogP contribution in [-0.4, -0.2) is 15.0 Å². The molecule has 0 aliphatic heterocycles. The number of rotatable bonds is 4. The molecule has 2 aromatic heterocycles. The molecule has 0 fully saturated rings. The molecule has 232 valence electrons. The summed E-state index contributed by atoms with van der Waals surface area (Å²) in [4.78, 5) is 15.8. The van der Waals surface area contributed by atoms with Crippen molar-refractivity contribution in [3.05, 3.63) is 176 Å². The molecular weight excluding hydrogens is 607 g/mol. The maximum absolute atomic E-state index is 5.56. The van der Waals surface area contributed by atoms with Gasteiger partial charge >= 0.3 is 0 Å². The standard InChI is InChI=1S/C47H29N3/c1-3-14-30(15-4-1)42-29-43(31-16-5-2-6-17-31)49-47(48-42)35-21-13-20-34(26-35)45-39-25-12-10-23-37(39)44-41-28-33-19-8-7-18-32(33)27-40(41)36-22-9-11-24-38(36)46(44)50-45/h1-29H. The Morgan fingerprint density at radius 3 is 1.50 bits per heavy atom. The van der Waals surface area contributed by atoms with E-state index in [1.54, 1.807) is 0 Å². The summed E-state index contributed by atoms with van der Waals surface area (Å²) in [5.41, 5.74) is 7.81. The third kappa shape index (κ3) is 4.63. The zero-order valence-electron chi connectivity index (χ0n) is 27.1. The molecule has 3 heteroatoms. The quantitative estimate of drug-likeness (QED) is 0.143. The Balaban J connectivity index is 1.23. The molecule has 0 amide bonds. The van der Waals surface area contributed by atoms with Crippen molar-refractivity contribution in [2.75, 3.05) is 0 Å². The first kappa shape index (κ1) is 28.3. The van der Waals surface area contributed by atoms with Crippen LogP contribution in [0.4, 0.5) is 0 Å². The molecule has 0 aliphatic rings. The second-order valence-corrected chi connectivity index (χ2v) is 12.8. The van der Waals surface area contributed by atoms with Crippen LogP contribution in [-0.2, 0) is 0 Å². The summed E-state index contributed by atoms with van der Waals surface area (Å²) in [6, 6.07) is 61.9. The molecule has 0 radical (unpaired) electrons. The Labute approximate surface area is 289 Å². The van der Waals surface area contributed by atoms with Crippen LogP contribution in [0.5, 0.6) is 0 Å². The number of hydrogen-bond donors (Lipinski definition) is 0. The summed E-state index contributed by atoms with van der Waals surface area (Å²) in [7, 11) is 0. The van der Waals surface area contributed by atoms with Gasteiger partial charge < -0.3 is 0 Å². The Kier molecular flexibility index (Phi) is 6.49. The lowest BCUT2D eigenvalue weighted by Crippen LogP contribution is -1.97. The number of aromatic nitrogens is 3. The van der Waals surface area contributed by atoms with Crippen molar-refractivity contribution in [3.8, 4) is 45.2 Å². The first-order chi connectivity index (χ1) is 24.8. The van der Waals surface area contributed by atoms with Crippen LogP contribution in [0.2, 0.25) is 0 Å². The van der Waals surface area contributed by atoms with Crippen LogP contribution in [0.3, 0.4) is 0 Å². The third-order valence-corrected chi connectivity index (χ3v) is 9.80. The van der Waals surface area contributed by atoms with E-state index in [1.165, 1.54) is 37.7 Å². The van der Waals surface area contributed by atoms with E-state index in [1.807, 2.05) is 36.4 Å². The van der Waals surface area contributed by atoms with Gasteiger partial charge in [0, 0.05) is 38.4 Å². The van der Waals surface area contributed by atoms with Gasteiger partial charge in [-0.2, -0.15) is 0 Å². The molecule has 0 saturated heterocycles. The molecule has 50 heavy (non-hydrogen) atoms. The number of hydrogen-bond acceptors (Lipinski definition) is 3. The predicted molar refractivity (Wildman–Crippen MR) is 209 cm³/mol. The van der Waals surface area contributed by atoms with Gasteiger partial charge in [0.15, 0.2) is 5.82 Å². The normalized spacial score (nSPS) is 11.6. The monoisotopic (exact) mass is 635 g/mol. The summed E-state index contributed by atoms with van der Waals surface area (Å²) in [5, 5.41) is 10.8. The number of fused-ring (bicyclic) bond motifs is 9. The highest BCUT2D eigenvalue weighted by molar-refractivity contribution is 6.32. The van der Waals surface area contributed by atoms with Gasteiger partial charge in [0.05, 0.1) is 22.6 Å². The Morgan fingerprint density at radius 2 is 0.820 bits per heavy atom. The van der Waals surface area contributed by atoms with Gasteiger partial charge in [-0.1, -0.05) is 152 Å². The molecule has 2 heterocycles. The van der Waals surface area contributed by atoms with Crippen molar-refractivity contribution in [1.29, 1.82) is 0 Å². The summed E-state index contributed by atoms with van der Waals surface area (Å²) in [6.07, 6.45) is 0. The van der Waals surface area contributed by atoms with Crippen molar-refractivity contribution < 1.29 is 0 Å². The van der Waals surface area contributed by atoms with Gasteiger partial charge in [-0.05, 0) is 56.6 Å². The van der Waals surface area contributed by atoms with E-state index in [4.69, 9.17) is 15.0 Å². The fourth-order valence-corrected chi connectivity index (χ4v) is 7.44. The van der Waals surface area contributed by atoms with Crippen LogP contribution < -0.4 is 0 Å². The Hall–Kier alpha value is -6.71. The van der Waals surface area contributed by atoms with Crippen LogP contribution in [0.1, 0.15) is 0 Å². The van der Waals surface area contributed by atoms with Crippen molar-refractivity contribution >= 4 is 54.0 Å². The minimum Gasteiger partial charge on any atom is -0.246 e. The van der Waals surface area contributed by atoms with Crippen molar-refractivity contribution in [2.45, 2.75) is 0 Å². The maximum Gasteiger partial charge on any atom is 0.160 e. The van der Waals surface area contributed by atoms with Gasteiger partial charge in [-0.15, -0.1) is 0 Å². The van der Waals surface area contributed by atoms with E-state index in [2.05, 4.69) is 140 Å². The summed E-state index contributed by atoms with van der Waals surface area (Å²) < 4.78 is 0. The summed E-state index contributed by atoms with van der Waals surface area (Å²) in [5.74, 6) is 0.681. The molecule has 0 bridgehead atoms. The van der Waals surface area contributed by atoms with Crippen molar-refractivity contribution in [3.63, 3.8) is 0 Å². The third-order valence-electron chi connectivity index (χ3n) is 9.80. The fourth-order valence-electron chi connectivity index (χ4n) is 7.44. The van der Waals surface area contributed by atoms with E-state index in [0.717, 1.165) is 55.6 Å². The molecule has 0 aliphatic carbocycles. The van der Waals surface area contributed by atoms with E-state index >= 15 is 0 Å². The average Bonchev–Trinajstić information content (AvgIpc) is 3.20. The van der Waals surface area contributed by atoms with Gasteiger partial charge in [-0.3, -0.25) is 0 Å². The van der Waals surface area contributed by atoms with E-state index < -0.39 is 0 Å². The highest BCUT2D eigenvalue weighted by Crippen LogP contribution is 2.42. The lowest BCUT2D eigenvalue weighted by Gasteiger charge is -2.16. The SMILES string of the molecule is c1ccc(-c2cc(-c3ccccc3)nc(-c3cccc(-c4nc5c6ccccc6c6cc7ccccc7cc6c5c5ccccc45)c3)n2)cc1. The molecule has 8 aromatic carbocycles. The van der Waals surface area contributed by atoms with Crippen LogP contribution in [0.25, 0.3) is 99.2 Å². The highest BCUT2D eigenvalue weighted by Gasteiger charge is 2.18. The zero-order valence-corrected chi connectivity index (χ0v) is 27.1. The molecule has 0 atom stereocenters. The van der Waals surface area contributed by atoms with Gasteiger partial charge in [0.25, 0.3) is 0 Å². The molecule has 0 N–H and O–H groups in total. The summed E-state index contributed by atoms with van der Waals surface area (Å²) in [6.45, 7) is 0. The van der Waals surface area contributed by atoms with Gasteiger partial charge in [0.2, 0.25) is 0 Å². The van der Waals surface area contributed by atoms with Crippen LogP contribution >= 0.6 is 0 Å². The molecule has 10 aromatic rings. The maximum atomic E-state index is 5.56. The smallest absolute Gasteiger partial charge is 0.160 e.